The van der Waals surface area contributed by atoms with Gasteiger partial charge in [-0.1, -0.05) is 161 Å². The van der Waals surface area contributed by atoms with E-state index in [9.17, 15) is 0 Å². The number of thiophene rings is 1. The highest BCUT2D eigenvalue weighted by Crippen LogP contribution is 2.54. The highest BCUT2D eigenvalue weighted by Gasteiger charge is 2.38. The lowest BCUT2D eigenvalue weighted by atomic mass is 9.82. The Bertz CT molecular complexity index is 3570. The third-order valence-corrected chi connectivity index (χ3v) is 15.6. The second-order valence-electron chi connectivity index (χ2n) is 18.5. The van der Waals surface area contributed by atoms with Crippen molar-refractivity contribution < 1.29 is 0 Å². The van der Waals surface area contributed by atoms with Gasteiger partial charge in [0.05, 0.1) is 11.0 Å². The number of fused-ring (bicyclic) bond motifs is 13. The molecule has 9 aromatic carbocycles. The fourth-order valence-corrected chi connectivity index (χ4v) is 12.5. The molecule has 13 rings (SSSR count). The molecule has 3 heteroatoms. The Morgan fingerprint density at radius 2 is 0.921 bits per heavy atom. The maximum atomic E-state index is 2.51. The maximum Gasteiger partial charge on any atom is 0.0562 e. The van der Waals surface area contributed by atoms with Crippen LogP contribution in [0.15, 0.2) is 194 Å². The summed E-state index contributed by atoms with van der Waals surface area (Å²) in [6.07, 6.45) is 0. The third-order valence-electron chi connectivity index (χ3n) is 14.4. The Morgan fingerprint density at radius 1 is 0.397 bits per heavy atom. The fraction of sp³-hybridized carbons (Fsp3) is 0.100. The Balaban J connectivity index is 1.07. The second kappa shape index (κ2) is 13.2. The highest BCUT2D eigenvalue weighted by molar-refractivity contribution is 7.26. The molecule has 63 heavy (non-hydrogen) atoms. The summed E-state index contributed by atoms with van der Waals surface area (Å²) in [6, 6.07) is 72.7. The van der Waals surface area contributed by atoms with E-state index in [1.54, 1.807) is 0 Å². The predicted octanol–water partition coefficient (Wildman–Crippen LogP) is 16.9. The number of aromatic nitrogens is 1. The number of rotatable bonds is 5. The summed E-state index contributed by atoms with van der Waals surface area (Å²) < 4.78 is 5.15. The lowest BCUT2D eigenvalue weighted by molar-refractivity contribution is 0.660. The van der Waals surface area contributed by atoms with Crippen molar-refractivity contribution >= 4 is 70.4 Å². The van der Waals surface area contributed by atoms with Crippen LogP contribution in [0.4, 0.5) is 17.1 Å². The molecule has 0 N–H and O–H groups in total. The van der Waals surface area contributed by atoms with Gasteiger partial charge in [-0.15, -0.1) is 11.3 Å². The lowest BCUT2D eigenvalue weighted by Gasteiger charge is -2.30. The third kappa shape index (κ3) is 5.18. The SMILES string of the molecule is CC1(C)c2ccccc2-c2ccc(N(c3ccc4c(c3)C(C)(C)c3ccccc3-4)c3ccc4c5c6sc7ccccc7c6ccc5n(-c5ccc(-c6ccccc6)cc5)c4c3)cc21. The van der Waals surface area contributed by atoms with Crippen LogP contribution in [-0.4, -0.2) is 4.57 Å². The molecule has 0 spiro atoms. The largest absolute Gasteiger partial charge is 0.310 e. The lowest BCUT2D eigenvalue weighted by Crippen LogP contribution is -2.18. The Hall–Kier alpha value is -7.20. The van der Waals surface area contributed by atoms with Crippen molar-refractivity contribution in [3.8, 4) is 39.1 Å². The number of benzene rings is 9. The smallest absolute Gasteiger partial charge is 0.0562 e. The van der Waals surface area contributed by atoms with Crippen molar-refractivity contribution in [3.05, 3.63) is 216 Å². The van der Waals surface area contributed by atoms with Gasteiger partial charge in [0.1, 0.15) is 0 Å². The summed E-state index contributed by atoms with van der Waals surface area (Å²) >= 11 is 1.91. The molecule has 0 amide bonds. The summed E-state index contributed by atoms with van der Waals surface area (Å²) in [4.78, 5) is 2.51. The van der Waals surface area contributed by atoms with Gasteiger partial charge in [0.15, 0.2) is 0 Å². The van der Waals surface area contributed by atoms with Gasteiger partial charge >= 0.3 is 0 Å². The number of anilines is 3. The van der Waals surface area contributed by atoms with Crippen LogP contribution in [0.1, 0.15) is 49.9 Å². The first kappa shape index (κ1) is 36.5. The van der Waals surface area contributed by atoms with E-state index in [0.29, 0.717) is 0 Å². The average molecular weight is 825 g/mol. The molecule has 2 nitrogen and oxygen atoms in total. The van der Waals surface area contributed by atoms with E-state index in [1.807, 2.05) is 11.3 Å². The molecule has 0 radical (unpaired) electrons. The molecule has 0 saturated heterocycles. The predicted molar refractivity (Wildman–Crippen MR) is 269 cm³/mol. The van der Waals surface area contributed by atoms with Crippen LogP contribution in [0.25, 0.3) is 81.0 Å². The topological polar surface area (TPSA) is 8.17 Å². The number of hydrogen-bond donors (Lipinski definition) is 0. The number of hydrogen-bond acceptors (Lipinski definition) is 2. The molecule has 2 aliphatic carbocycles. The van der Waals surface area contributed by atoms with Crippen molar-refractivity contribution in [2.75, 3.05) is 4.90 Å². The molecule has 300 valence electrons. The van der Waals surface area contributed by atoms with Crippen LogP contribution in [-0.2, 0) is 10.8 Å². The molecule has 0 atom stereocenters. The normalized spacial score (nSPS) is 14.3. The van der Waals surface area contributed by atoms with Gasteiger partial charge < -0.3 is 9.47 Å². The summed E-state index contributed by atoms with van der Waals surface area (Å²) in [6.45, 7) is 9.51. The summed E-state index contributed by atoms with van der Waals surface area (Å²) in [5.41, 5.74) is 20.0. The van der Waals surface area contributed by atoms with Gasteiger partial charge in [0, 0.05) is 64.5 Å². The zero-order chi connectivity index (χ0) is 42.2. The zero-order valence-electron chi connectivity index (χ0n) is 35.8. The molecule has 0 saturated carbocycles. The summed E-state index contributed by atoms with van der Waals surface area (Å²) in [7, 11) is 0. The molecule has 2 aromatic heterocycles. The highest BCUT2D eigenvalue weighted by atomic mass is 32.1. The first-order valence-corrected chi connectivity index (χ1v) is 22.9. The molecule has 2 heterocycles. The van der Waals surface area contributed by atoms with Crippen LogP contribution in [0.5, 0.6) is 0 Å². The molecule has 2 aliphatic rings. The van der Waals surface area contributed by atoms with Gasteiger partial charge in [0.25, 0.3) is 0 Å². The van der Waals surface area contributed by atoms with Crippen LogP contribution in [0.3, 0.4) is 0 Å². The van der Waals surface area contributed by atoms with Crippen molar-refractivity contribution in [1.29, 1.82) is 0 Å². The van der Waals surface area contributed by atoms with Crippen LogP contribution < -0.4 is 4.90 Å². The van der Waals surface area contributed by atoms with E-state index >= 15 is 0 Å². The van der Waals surface area contributed by atoms with E-state index in [4.69, 9.17) is 0 Å². The van der Waals surface area contributed by atoms with Crippen molar-refractivity contribution in [2.24, 2.45) is 0 Å². The van der Waals surface area contributed by atoms with Crippen LogP contribution >= 0.6 is 11.3 Å². The standard InChI is InChI=1S/C60H44N2S/c1-59(2)50-19-11-8-16-43(50)45-29-26-40(34-52(45)59)61(41-27-30-46-44-17-9-12-20-51(44)60(3,4)53(46)35-41)42-28-31-49-55(36-42)62(39-24-22-38(23-25-39)37-14-6-5-7-15-37)54-33-32-48-47-18-10-13-21-56(47)63-58(48)57(49)54/h5-36H,1-4H3. The van der Waals surface area contributed by atoms with Crippen LogP contribution in [0, 0.1) is 0 Å². The van der Waals surface area contributed by atoms with E-state index in [1.165, 1.54) is 97.6 Å². The van der Waals surface area contributed by atoms with Gasteiger partial charge in [-0.2, -0.15) is 0 Å². The molecule has 0 fully saturated rings. The minimum atomic E-state index is -0.132. The van der Waals surface area contributed by atoms with Gasteiger partial charge in [-0.25, -0.2) is 0 Å². The Morgan fingerprint density at radius 3 is 1.59 bits per heavy atom. The van der Waals surface area contributed by atoms with Gasteiger partial charge in [-0.3, -0.25) is 0 Å². The molecular weight excluding hydrogens is 781 g/mol. The minimum absolute atomic E-state index is 0.132. The minimum Gasteiger partial charge on any atom is -0.310 e. The van der Waals surface area contributed by atoms with E-state index in [2.05, 4.69) is 231 Å². The van der Waals surface area contributed by atoms with Crippen LogP contribution in [0.2, 0.25) is 0 Å². The maximum absolute atomic E-state index is 2.51. The first-order valence-electron chi connectivity index (χ1n) is 22.1. The Labute approximate surface area is 371 Å². The monoisotopic (exact) mass is 824 g/mol. The molecule has 0 unspecified atom stereocenters. The molecule has 0 bridgehead atoms. The summed E-state index contributed by atoms with van der Waals surface area (Å²) in [5, 5.41) is 5.20. The van der Waals surface area contributed by atoms with Crippen molar-refractivity contribution in [2.45, 2.75) is 38.5 Å². The van der Waals surface area contributed by atoms with Gasteiger partial charge in [-0.05, 0) is 116 Å². The Kier molecular flexibility index (Phi) is 7.61. The quantitative estimate of drug-likeness (QED) is 0.168. The van der Waals surface area contributed by atoms with E-state index < -0.39 is 0 Å². The molecule has 0 aliphatic heterocycles. The zero-order valence-corrected chi connectivity index (χ0v) is 36.6. The molecular formula is C60H44N2S. The van der Waals surface area contributed by atoms with Crippen molar-refractivity contribution in [1.82, 2.24) is 4.57 Å². The second-order valence-corrected chi connectivity index (χ2v) is 19.6. The number of nitrogens with zero attached hydrogens (tertiary/aromatic N) is 2. The van der Waals surface area contributed by atoms with E-state index in [0.717, 1.165) is 22.7 Å². The first-order chi connectivity index (χ1) is 30.8. The average Bonchev–Trinajstić information content (AvgIpc) is 4.00. The molecule has 11 aromatic rings. The summed E-state index contributed by atoms with van der Waals surface area (Å²) in [5.74, 6) is 0. The van der Waals surface area contributed by atoms with E-state index in [-0.39, 0.29) is 10.8 Å². The fourth-order valence-electron chi connectivity index (χ4n) is 11.2. The van der Waals surface area contributed by atoms with Gasteiger partial charge in [0.2, 0.25) is 0 Å². The van der Waals surface area contributed by atoms with Crippen molar-refractivity contribution in [3.63, 3.8) is 0 Å².